The molecule has 0 radical (unpaired) electrons. The van der Waals surface area contributed by atoms with Crippen molar-refractivity contribution in [3.05, 3.63) is 358 Å². The molecule has 0 N–H and O–H groups in total. The Bertz CT molecular complexity index is 6540. The van der Waals surface area contributed by atoms with Gasteiger partial charge in [-0.3, -0.25) is 9.13 Å². The van der Waals surface area contributed by atoms with E-state index in [2.05, 4.69) is 310 Å². The van der Waals surface area contributed by atoms with Crippen LogP contribution in [0.15, 0.2) is 352 Å². The molecule has 0 aliphatic rings. The monoisotopic (exact) mass is 1770 g/mol. The second-order valence-electron chi connectivity index (χ2n) is 26.1. The lowest BCUT2D eigenvalue weighted by Gasteiger charge is -2.13. The van der Waals surface area contributed by atoms with Crippen molar-refractivity contribution in [2.45, 2.75) is 215 Å². The minimum Gasteiger partial charge on any atom is -0.497 e. The van der Waals surface area contributed by atoms with Gasteiger partial charge >= 0.3 is 0 Å². The number of nitrogens with zero attached hydrogens (tertiary/aromatic N) is 8. The maximum absolute atomic E-state index is 7.45. The topological polar surface area (TPSA) is 80.5 Å². The van der Waals surface area contributed by atoms with Crippen LogP contribution in [0, 0.1) is 6.92 Å². The first-order chi connectivity index (χ1) is 67.1. The molecule has 9 heteroatoms. The predicted octanol–water partition coefficient (Wildman–Crippen LogP) is 39.1. The molecule has 0 amide bonds. The van der Waals surface area contributed by atoms with Crippen LogP contribution in [0.1, 0.15) is 217 Å². The van der Waals surface area contributed by atoms with Crippen LogP contribution in [0.4, 0.5) is 0 Å². The van der Waals surface area contributed by atoms with E-state index in [1.165, 1.54) is 49.3 Å². The highest BCUT2D eigenvalue weighted by atomic mass is 16.5. The number of pyridine rings is 1. The Morgan fingerprint density at radius 1 is 0.211 bits per heavy atom. The zero-order valence-corrected chi connectivity index (χ0v) is 86.0. The van der Waals surface area contributed by atoms with Gasteiger partial charge in [0, 0.05) is 77.4 Å². The van der Waals surface area contributed by atoms with Gasteiger partial charge in [0.15, 0.2) is 11.6 Å². The van der Waals surface area contributed by atoms with Crippen molar-refractivity contribution < 1.29 is 8.85 Å². The minimum absolute atomic E-state index is 0.286. The summed E-state index contributed by atoms with van der Waals surface area (Å²) in [6.07, 6.45) is 1.99. The molecule has 0 saturated carbocycles. The van der Waals surface area contributed by atoms with Crippen molar-refractivity contribution in [2.75, 3.05) is 7.04 Å². The second-order valence-corrected chi connectivity index (χ2v) is 26.1. The average molecular weight is 1780 g/mol. The van der Waals surface area contributed by atoms with Crippen LogP contribution in [0.3, 0.4) is 0 Å². The van der Waals surface area contributed by atoms with Crippen LogP contribution >= 0.6 is 0 Å². The predicted molar refractivity (Wildman–Crippen MR) is 596 cm³/mol. The summed E-state index contributed by atoms with van der Waals surface area (Å²) < 4.78 is 36.8. The van der Waals surface area contributed by atoms with E-state index in [9.17, 15) is 0 Å². The average Bonchev–Trinajstić information content (AvgIpc) is 1.55. The van der Waals surface area contributed by atoms with E-state index in [1.54, 1.807) is 12.1 Å². The van der Waals surface area contributed by atoms with Gasteiger partial charge in [-0.1, -0.05) is 486 Å². The van der Waals surface area contributed by atoms with E-state index in [0.29, 0.717) is 17.6 Å². The Hall–Kier alpha value is -13.8. The summed E-state index contributed by atoms with van der Waals surface area (Å²) in [5.41, 5.74) is 22.7. The number of methoxy groups -OCH3 is 1. The highest BCUT2D eigenvalue weighted by Gasteiger charge is 2.26. The van der Waals surface area contributed by atoms with Gasteiger partial charge in [-0.25, -0.2) is 9.97 Å². The largest absolute Gasteiger partial charge is 0.497 e. The Kier molecular flexibility index (Phi) is 48.7. The zero-order valence-electron chi connectivity index (χ0n) is 89.0. The fraction of sp³-hybridized carbons (Fsp3) is 0.258. The van der Waals surface area contributed by atoms with Crippen molar-refractivity contribution in [2.24, 2.45) is 0 Å². The molecule has 6 heterocycles. The number of rotatable bonds is 11. The van der Waals surface area contributed by atoms with Crippen LogP contribution in [-0.4, -0.2) is 45.2 Å². The third-order valence-electron chi connectivity index (χ3n) is 20.1. The van der Waals surface area contributed by atoms with Crippen LogP contribution < -0.4 is 4.74 Å². The standard InChI is InChI=1S/C53H37N5O.C41H27N3.15C2H6/c1-34-16-18-35(19-17-34)36-20-24-39(25-21-36)51-54-52(40-26-22-37(23-27-40)38-28-30-42(59-2)31-29-38)56-53(55-51)58-48-15-9-7-13-44(48)46-33-32-45-43-12-6-8-14-47(43)57(49(45)50(46)58)41-10-4-3-5-11-41;1-3-11-28(12-4-1)30-19-22-32(23-20-30)43-37-17-9-7-15-33(37)35-24-25-36-34-16-8-10-18-38(34)44(41(36)40(35)43)39-26-21-31(27-42-39)29-13-5-2-6-14-29;15*1-2/h3-33H,1-2H3;1-27H;15*1-2H3/i2D3;;;;;;;;;;;;;;;;. The fourth-order valence-corrected chi connectivity index (χ4v) is 15.1. The highest BCUT2D eigenvalue weighted by molar-refractivity contribution is 6.25. The smallest absolute Gasteiger partial charge is 0.238 e. The van der Waals surface area contributed by atoms with Crippen LogP contribution in [-0.2, 0) is 0 Å². The number of para-hydroxylation sites is 5. The van der Waals surface area contributed by atoms with Gasteiger partial charge in [-0.2, -0.15) is 9.97 Å². The van der Waals surface area contributed by atoms with Crippen LogP contribution in [0.2, 0.25) is 0 Å². The summed E-state index contributed by atoms with van der Waals surface area (Å²) in [4.78, 5) is 20.9. The number of aromatic nitrogens is 8. The van der Waals surface area contributed by atoms with Crippen LogP contribution in [0.5, 0.6) is 5.75 Å². The Labute approximate surface area is 804 Å². The molecule has 0 saturated heterocycles. The molecule has 696 valence electrons. The molecule has 0 aliphatic heterocycles. The molecule has 0 spiro atoms. The SMILES string of the molecule is CC.CC.CC.CC.CC.CC.CC.CC.CC.CC.CC.CC.CC.CC.CC.[2H]C([2H])([2H])Oc1ccc(-c2ccc(-c3nc(-c4ccc(-c5ccc(C)cc5)cc4)nc(-n4c5ccccc5c5ccc6c7ccccc7n(-c7ccccc7)c6c54)n3)cc2)cc1.c1ccc(-c2ccc(-n3c4ccccc4c4ccc5c6ccccc6n(-c6ccc(-c7ccccc7)cn6)c5c43)cc2)cc1. The number of hydrogen-bond donors (Lipinski definition) is 0. The molecule has 0 atom stereocenters. The first-order valence-electron chi connectivity index (χ1n) is 51.1. The van der Waals surface area contributed by atoms with Crippen LogP contribution in [0.25, 0.3) is 178 Å². The molecule has 20 aromatic rings. The van der Waals surface area contributed by atoms with E-state index in [1.807, 2.05) is 262 Å². The van der Waals surface area contributed by atoms with Crippen molar-refractivity contribution in [3.63, 3.8) is 0 Å². The number of hydrogen-bond acceptors (Lipinski definition) is 5. The van der Waals surface area contributed by atoms with Gasteiger partial charge in [-0.15, -0.1) is 0 Å². The van der Waals surface area contributed by atoms with Gasteiger partial charge in [0.2, 0.25) is 5.95 Å². The van der Waals surface area contributed by atoms with Gasteiger partial charge in [0.05, 0.1) is 55.3 Å². The van der Waals surface area contributed by atoms with Gasteiger partial charge < -0.3 is 13.9 Å². The van der Waals surface area contributed by atoms with E-state index in [0.717, 1.165) is 116 Å². The third-order valence-corrected chi connectivity index (χ3v) is 20.1. The molecule has 0 fully saturated rings. The summed E-state index contributed by atoms with van der Waals surface area (Å²) in [7, 11) is -2.51. The maximum Gasteiger partial charge on any atom is 0.238 e. The Balaban J connectivity index is 0.000000459. The Morgan fingerprint density at radius 3 is 0.812 bits per heavy atom. The maximum atomic E-state index is 7.45. The summed E-state index contributed by atoms with van der Waals surface area (Å²) in [5.74, 6) is 2.78. The molecule has 14 aromatic carbocycles. The van der Waals surface area contributed by atoms with E-state index in [-0.39, 0.29) is 5.75 Å². The summed E-state index contributed by atoms with van der Waals surface area (Å²) in [5, 5.41) is 9.39. The third kappa shape index (κ3) is 25.5. The molecule has 0 unspecified atom stereocenters. The number of aryl methyl sites for hydroxylation is 1. The lowest BCUT2D eigenvalue weighted by Crippen LogP contribution is -2.07. The highest BCUT2D eigenvalue weighted by Crippen LogP contribution is 2.45. The van der Waals surface area contributed by atoms with Gasteiger partial charge in [-0.05, 0) is 119 Å². The lowest BCUT2D eigenvalue weighted by molar-refractivity contribution is 0.415. The number of benzene rings is 14. The van der Waals surface area contributed by atoms with E-state index >= 15 is 0 Å². The van der Waals surface area contributed by atoms with Crippen molar-refractivity contribution in [3.8, 4) is 96.2 Å². The fourth-order valence-electron chi connectivity index (χ4n) is 15.1. The molecule has 6 aromatic heterocycles. The molecule has 9 nitrogen and oxygen atoms in total. The quantitative estimate of drug-likeness (QED) is 0.129. The molecular formula is C124H154N8O. The van der Waals surface area contributed by atoms with E-state index < -0.39 is 7.04 Å². The number of fused-ring (bicyclic) bond motifs is 14. The molecule has 0 bridgehead atoms. The summed E-state index contributed by atoms with van der Waals surface area (Å²) >= 11 is 0. The first kappa shape index (κ1) is 106. The second kappa shape index (κ2) is 61.0. The van der Waals surface area contributed by atoms with Gasteiger partial charge in [0.25, 0.3) is 0 Å². The summed E-state index contributed by atoms with van der Waals surface area (Å²) in [6, 6.07) is 120. The van der Waals surface area contributed by atoms with Crippen molar-refractivity contribution >= 4 is 87.2 Å². The first-order valence-corrected chi connectivity index (χ1v) is 49.6. The van der Waals surface area contributed by atoms with Crippen molar-refractivity contribution in [1.29, 1.82) is 0 Å². The van der Waals surface area contributed by atoms with E-state index in [4.69, 9.17) is 28.8 Å². The minimum atomic E-state index is -2.51. The molecule has 133 heavy (non-hydrogen) atoms. The zero-order chi connectivity index (χ0) is 101. The molecule has 0 aliphatic carbocycles. The number of ether oxygens (including phenoxy) is 1. The summed E-state index contributed by atoms with van der Waals surface area (Å²) in [6.45, 7) is 62.1. The lowest BCUT2D eigenvalue weighted by atomic mass is 10.0. The molecule has 20 rings (SSSR count). The molecular weight excluding hydrogens is 1620 g/mol. The normalized spacial score (nSPS) is 10.1. The van der Waals surface area contributed by atoms with Gasteiger partial charge in [0.1, 0.15) is 11.6 Å². The van der Waals surface area contributed by atoms with Crippen molar-refractivity contribution in [1.82, 2.24) is 38.2 Å². The Morgan fingerprint density at radius 2 is 0.466 bits per heavy atom.